The minimum atomic E-state index is 0.710. The zero-order chi connectivity index (χ0) is 11.1. The molecule has 2 unspecified atom stereocenters. The summed E-state index contributed by atoms with van der Waals surface area (Å²) in [7, 11) is 0. The zero-order valence-corrected chi connectivity index (χ0v) is 10.8. The largest absolute Gasteiger partial charge is 0.315 e. The van der Waals surface area contributed by atoms with Crippen LogP contribution in [0.1, 0.15) is 52.9 Å². The number of piperidine rings is 1. The van der Waals surface area contributed by atoms with Crippen LogP contribution in [0.4, 0.5) is 0 Å². The summed E-state index contributed by atoms with van der Waals surface area (Å²) >= 11 is 0. The molecule has 0 aromatic rings. The van der Waals surface area contributed by atoms with Crippen LogP contribution in [0.3, 0.4) is 0 Å². The van der Waals surface area contributed by atoms with E-state index in [1.54, 1.807) is 0 Å². The summed E-state index contributed by atoms with van der Waals surface area (Å²) in [4.78, 5) is 2.71. The van der Waals surface area contributed by atoms with Gasteiger partial charge < -0.3 is 5.32 Å². The van der Waals surface area contributed by atoms with Gasteiger partial charge >= 0.3 is 0 Å². The smallest absolute Gasteiger partial charge is 0.0195 e. The van der Waals surface area contributed by atoms with Crippen molar-refractivity contribution in [2.24, 2.45) is 0 Å². The Morgan fingerprint density at radius 2 is 2.13 bits per heavy atom. The van der Waals surface area contributed by atoms with Crippen LogP contribution in [0.2, 0.25) is 0 Å². The Bertz CT molecular complexity index is 159. The Kier molecular flexibility index (Phi) is 6.26. The van der Waals surface area contributed by atoms with E-state index < -0.39 is 0 Å². The molecule has 0 spiro atoms. The van der Waals surface area contributed by atoms with Crippen LogP contribution in [0.15, 0.2) is 0 Å². The van der Waals surface area contributed by atoms with Crippen molar-refractivity contribution in [3.05, 3.63) is 0 Å². The minimum Gasteiger partial charge on any atom is -0.315 e. The average Bonchev–Trinajstić information content (AvgIpc) is 2.29. The summed E-state index contributed by atoms with van der Waals surface area (Å²) in [5.74, 6) is 0. The summed E-state index contributed by atoms with van der Waals surface area (Å²) in [6, 6.07) is 1.55. The molecule has 1 fully saturated rings. The van der Waals surface area contributed by atoms with E-state index in [2.05, 4.69) is 31.0 Å². The molecule has 90 valence electrons. The molecule has 0 saturated carbocycles. The Hall–Kier alpha value is -0.0800. The lowest BCUT2D eigenvalue weighted by Crippen LogP contribution is -2.48. The molecule has 0 bridgehead atoms. The van der Waals surface area contributed by atoms with Crippen molar-refractivity contribution >= 4 is 0 Å². The van der Waals surface area contributed by atoms with E-state index in [9.17, 15) is 0 Å². The molecule has 1 saturated heterocycles. The van der Waals surface area contributed by atoms with Gasteiger partial charge in [-0.15, -0.1) is 0 Å². The van der Waals surface area contributed by atoms with Crippen LogP contribution in [0.5, 0.6) is 0 Å². The second-order valence-corrected chi connectivity index (χ2v) is 4.85. The first-order valence-electron chi connectivity index (χ1n) is 6.76. The Balaban J connectivity index is 2.31. The van der Waals surface area contributed by atoms with Crippen molar-refractivity contribution in [3.8, 4) is 0 Å². The third-order valence-corrected chi connectivity index (χ3v) is 3.58. The van der Waals surface area contributed by atoms with Gasteiger partial charge in [0.2, 0.25) is 0 Å². The maximum Gasteiger partial charge on any atom is 0.0195 e. The number of likely N-dealkylation sites (tertiary alicyclic amines) is 1. The predicted octanol–water partition coefficient (Wildman–Crippen LogP) is 2.64. The standard InChI is InChI=1S/C13H28N2/c1-4-9-14-11-12(3)15-10-7-6-8-13(15)5-2/h12-14H,4-11H2,1-3H3. The van der Waals surface area contributed by atoms with E-state index >= 15 is 0 Å². The first-order chi connectivity index (χ1) is 7.29. The van der Waals surface area contributed by atoms with Gasteiger partial charge in [0.25, 0.3) is 0 Å². The minimum absolute atomic E-state index is 0.710. The number of nitrogens with one attached hydrogen (secondary N) is 1. The lowest BCUT2D eigenvalue weighted by atomic mass is 9.98. The van der Waals surface area contributed by atoms with E-state index in [-0.39, 0.29) is 0 Å². The van der Waals surface area contributed by atoms with Gasteiger partial charge in [-0.25, -0.2) is 0 Å². The Labute approximate surface area is 95.4 Å². The summed E-state index contributed by atoms with van der Waals surface area (Å²) in [5, 5.41) is 3.54. The van der Waals surface area contributed by atoms with E-state index in [0.29, 0.717) is 6.04 Å². The van der Waals surface area contributed by atoms with Crippen molar-refractivity contribution in [3.63, 3.8) is 0 Å². The highest BCUT2D eigenvalue weighted by Gasteiger charge is 2.24. The maximum absolute atomic E-state index is 3.54. The monoisotopic (exact) mass is 212 g/mol. The highest BCUT2D eigenvalue weighted by atomic mass is 15.2. The lowest BCUT2D eigenvalue weighted by molar-refractivity contribution is 0.0994. The molecular formula is C13H28N2. The normalized spacial score (nSPS) is 25.4. The van der Waals surface area contributed by atoms with Gasteiger partial charge in [-0.1, -0.05) is 20.3 Å². The molecule has 0 radical (unpaired) electrons. The van der Waals surface area contributed by atoms with Gasteiger partial charge in [0.05, 0.1) is 0 Å². The lowest BCUT2D eigenvalue weighted by Gasteiger charge is -2.39. The molecule has 0 aromatic heterocycles. The molecule has 2 heteroatoms. The van der Waals surface area contributed by atoms with Crippen LogP contribution >= 0.6 is 0 Å². The topological polar surface area (TPSA) is 15.3 Å². The quantitative estimate of drug-likeness (QED) is 0.681. The molecular weight excluding hydrogens is 184 g/mol. The van der Waals surface area contributed by atoms with Gasteiger partial charge in [-0.2, -0.15) is 0 Å². The second-order valence-electron chi connectivity index (χ2n) is 4.85. The SMILES string of the molecule is CCCNCC(C)N1CCCCC1CC. The van der Waals surface area contributed by atoms with E-state index in [0.717, 1.165) is 19.1 Å². The fraction of sp³-hybridized carbons (Fsp3) is 1.00. The van der Waals surface area contributed by atoms with Crippen LogP contribution in [-0.4, -0.2) is 36.6 Å². The van der Waals surface area contributed by atoms with Gasteiger partial charge in [0, 0.05) is 18.6 Å². The summed E-state index contributed by atoms with van der Waals surface area (Å²) in [6.45, 7) is 10.6. The van der Waals surface area contributed by atoms with Gasteiger partial charge in [0.15, 0.2) is 0 Å². The number of hydrogen-bond donors (Lipinski definition) is 1. The fourth-order valence-electron chi connectivity index (χ4n) is 2.65. The van der Waals surface area contributed by atoms with Crippen molar-refractivity contribution in [1.29, 1.82) is 0 Å². The zero-order valence-electron chi connectivity index (χ0n) is 10.8. The Morgan fingerprint density at radius 1 is 1.33 bits per heavy atom. The summed E-state index contributed by atoms with van der Waals surface area (Å²) in [6.07, 6.45) is 6.80. The van der Waals surface area contributed by atoms with Crippen molar-refractivity contribution in [2.45, 2.75) is 65.0 Å². The van der Waals surface area contributed by atoms with E-state index in [1.165, 1.54) is 38.6 Å². The van der Waals surface area contributed by atoms with Gasteiger partial charge in [-0.3, -0.25) is 4.90 Å². The molecule has 15 heavy (non-hydrogen) atoms. The van der Waals surface area contributed by atoms with Crippen LogP contribution in [-0.2, 0) is 0 Å². The maximum atomic E-state index is 3.54. The molecule has 0 amide bonds. The molecule has 1 rings (SSSR count). The fourth-order valence-corrected chi connectivity index (χ4v) is 2.65. The van der Waals surface area contributed by atoms with Crippen molar-refractivity contribution in [2.75, 3.05) is 19.6 Å². The molecule has 1 N–H and O–H groups in total. The third kappa shape index (κ3) is 4.12. The van der Waals surface area contributed by atoms with Gasteiger partial charge in [0.1, 0.15) is 0 Å². The first-order valence-corrected chi connectivity index (χ1v) is 6.76. The average molecular weight is 212 g/mol. The molecule has 1 heterocycles. The van der Waals surface area contributed by atoms with Crippen molar-refractivity contribution in [1.82, 2.24) is 10.2 Å². The third-order valence-electron chi connectivity index (χ3n) is 3.58. The molecule has 1 aliphatic rings. The Morgan fingerprint density at radius 3 is 2.80 bits per heavy atom. The molecule has 0 aromatic carbocycles. The predicted molar refractivity (Wildman–Crippen MR) is 67.3 cm³/mol. The molecule has 0 aliphatic carbocycles. The summed E-state index contributed by atoms with van der Waals surface area (Å²) < 4.78 is 0. The second kappa shape index (κ2) is 7.24. The van der Waals surface area contributed by atoms with Gasteiger partial charge in [-0.05, 0) is 45.7 Å². The number of rotatable bonds is 6. The highest BCUT2D eigenvalue weighted by Crippen LogP contribution is 2.21. The number of nitrogens with zero attached hydrogens (tertiary/aromatic N) is 1. The van der Waals surface area contributed by atoms with Crippen molar-refractivity contribution < 1.29 is 0 Å². The van der Waals surface area contributed by atoms with E-state index in [4.69, 9.17) is 0 Å². The van der Waals surface area contributed by atoms with Crippen LogP contribution < -0.4 is 5.32 Å². The van der Waals surface area contributed by atoms with Crippen LogP contribution in [0.25, 0.3) is 0 Å². The van der Waals surface area contributed by atoms with Crippen LogP contribution in [0, 0.1) is 0 Å². The highest BCUT2D eigenvalue weighted by molar-refractivity contribution is 4.81. The molecule has 2 atom stereocenters. The molecule has 2 nitrogen and oxygen atoms in total. The number of hydrogen-bond acceptors (Lipinski definition) is 2. The first kappa shape index (κ1) is 13.0. The van der Waals surface area contributed by atoms with E-state index in [1.807, 2.05) is 0 Å². The summed E-state index contributed by atoms with van der Waals surface area (Å²) in [5.41, 5.74) is 0. The molecule has 1 aliphatic heterocycles.